The zero-order chi connectivity index (χ0) is 13.3. The fraction of sp³-hybridized carbons (Fsp3) is 0.308. The number of hydrogen-bond acceptors (Lipinski definition) is 4. The molecule has 0 saturated carbocycles. The van der Waals surface area contributed by atoms with Gasteiger partial charge in [-0.05, 0) is 19.1 Å². The van der Waals surface area contributed by atoms with Crippen LogP contribution >= 0.6 is 0 Å². The molecule has 1 heterocycles. The minimum atomic E-state index is -1.31. The molecular weight excluding hydrogens is 234 g/mol. The lowest BCUT2D eigenvalue weighted by molar-refractivity contribution is -0.153. The number of aromatic hydroxyl groups is 1. The fourth-order valence-electron chi connectivity index (χ4n) is 1.97. The van der Waals surface area contributed by atoms with E-state index in [1.165, 1.54) is 6.07 Å². The summed E-state index contributed by atoms with van der Waals surface area (Å²) in [5.41, 5.74) is 1.22. The zero-order valence-corrected chi connectivity index (χ0v) is 10.3. The topological polar surface area (TPSA) is 71.7 Å². The van der Waals surface area contributed by atoms with E-state index in [2.05, 4.69) is 0 Å². The van der Waals surface area contributed by atoms with Crippen LogP contribution in [-0.4, -0.2) is 27.4 Å². The van der Waals surface area contributed by atoms with Gasteiger partial charge in [0, 0.05) is 30.3 Å². The Morgan fingerprint density at radius 3 is 2.89 bits per heavy atom. The number of ether oxygens (including phenoxy) is 1. The van der Waals surface area contributed by atoms with Gasteiger partial charge in [0.1, 0.15) is 5.75 Å². The van der Waals surface area contributed by atoms with Crippen LogP contribution in [0.25, 0.3) is 10.9 Å². The van der Waals surface area contributed by atoms with Gasteiger partial charge in [-0.1, -0.05) is 0 Å². The zero-order valence-electron chi connectivity index (χ0n) is 10.3. The van der Waals surface area contributed by atoms with E-state index >= 15 is 0 Å². The van der Waals surface area contributed by atoms with Gasteiger partial charge in [0.2, 0.25) is 0 Å². The van der Waals surface area contributed by atoms with Crippen molar-refractivity contribution in [3.8, 4) is 5.75 Å². The van der Waals surface area contributed by atoms with E-state index in [0.29, 0.717) is 5.56 Å². The Kier molecular flexibility index (Phi) is 3.25. The molecule has 2 aromatic rings. The highest BCUT2D eigenvalue weighted by atomic mass is 16.5. The number of phenolic OH excluding ortho intramolecular Hbond substituents is 1. The molecule has 2 rings (SSSR count). The molecule has 0 fully saturated rings. The number of nitrogens with zero attached hydrogens (tertiary/aromatic N) is 1. The second kappa shape index (κ2) is 4.70. The molecule has 0 aliphatic carbocycles. The normalized spacial score (nSPS) is 12.6. The van der Waals surface area contributed by atoms with Crippen LogP contribution in [0.1, 0.15) is 18.6 Å². The SMILES string of the molecule is CCOC(=O)C(O)c1cn(C)c2cc(O)ccc12. The lowest BCUT2D eigenvalue weighted by atomic mass is 10.1. The van der Waals surface area contributed by atoms with Crippen molar-refractivity contribution in [3.05, 3.63) is 30.0 Å². The third-order valence-corrected chi connectivity index (χ3v) is 2.81. The van der Waals surface area contributed by atoms with Gasteiger partial charge in [0.25, 0.3) is 0 Å². The molecule has 1 aromatic heterocycles. The molecule has 1 atom stereocenters. The van der Waals surface area contributed by atoms with E-state index in [1.807, 2.05) is 0 Å². The molecule has 0 aliphatic rings. The van der Waals surface area contributed by atoms with Gasteiger partial charge in [-0.2, -0.15) is 0 Å². The first-order valence-electron chi connectivity index (χ1n) is 5.67. The number of carbonyl (C=O) groups excluding carboxylic acids is 1. The van der Waals surface area contributed by atoms with Crippen molar-refractivity contribution in [3.63, 3.8) is 0 Å². The quantitative estimate of drug-likeness (QED) is 0.808. The number of hydrogen-bond donors (Lipinski definition) is 2. The van der Waals surface area contributed by atoms with E-state index in [9.17, 15) is 15.0 Å². The van der Waals surface area contributed by atoms with Crippen molar-refractivity contribution >= 4 is 16.9 Å². The van der Waals surface area contributed by atoms with E-state index in [4.69, 9.17) is 4.74 Å². The van der Waals surface area contributed by atoms with E-state index < -0.39 is 12.1 Å². The van der Waals surface area contributed by atoms with Gasteiger partial charge in [-0.15, -0.1) is 0 Å². The Morgan fingerprint density at radius 2 is 2.22 bits per heavy atom. The van der Waals surface area contributed by atoms with Crippen LogP contribution < -0.4 is 0 Å². The second-order valence-corrected chi connectivity index (χ2v) is 4.05. The monoisotopic (exact) mass is 249 g/mol. The Bertz CT molecular complexity index is 588. The van der Waals surface area contributed by atoms with Gasteiger partial charge >= 0.3 is 5.97 Å². The fourth-order valence-corrected chi connectivity index (χ4v) is 1.97. The summed E-state index contributed by atoms with van der Waals surface area (Å²) in [6.07, 6.45) is 0.351. The average Bonchev–Trinajstić information content (AvgIpc) is 2.66. The summed E-state index contributed by atoms with van der Waals surface area (Å²) in [4.78, 5) is 11.5. The van der Waals surface area contributed by atoms with E-state index in [0.717, 1.165) is 10.9 Å². The molecule has 5 nitrogen and oxygen atoms in total. The molecule has 1 aromatic carbocycles. The minimum Gasteiger partial charge on any atom is -0.508 e. The first-order chi connectivity index (χ1) is 8.54. The summed E-state index contributed by atoms with van der Waals surface area (Å²) in [5.74, 6) is -0.529. The molecule has 0 radical (unpaired) electrons. The summed E-state index contributed by atoms with van der Waals surface area (Å²) >= 11 is 0. The number of aromatic nitrogens is 1. The van der Waals surface area contributed by atoms with Gasteiger partial charge in [0.05, 0.1) is 12.1 Å². The number of esters is 1. The highest BCUT2D eigenvalue weighted by Crippen LogP contribution is 2.29. The van der Waals surface area contributed by atoms with Crippen LogP contribution in [0, 0.1) is 0 Å². The summed E-state index contributed by atoms with van der Waals surface area (Å²) in [6, 6.07) is 4.77. The molecule has 0 aliphatic heterocycles. The lowest BCUT2D eigenvalue weighted by Gasteiger charge is -2.08. The van der Waals surface area contributed by atoms with Gasteiger partial charge in [-0.3, -0.25) is 0 Å². The first-order valence-corrected chi connectivity index (χ1v) is 5.67. The number of aliphatic hydroxyl groups is 1. The Hall–Kier alpha value is -2.01. The molecule has 2 N–H and O–H groups in total. The minimum absolute atomic E-state index is 0.140. The van der Waals surface area contributed by atoms with Crippen molar-refractivity contribution in [1.29, 1.82) is 0 Å². The Morgan fingerprint density at radius 1 is 1.50 bits per heavy atom. The summed E-state index contributed by atoms with van der Waals surface area (Å²) in [7, 11) is 1.78. The number of phenols is 1. The van der Waals surface area contributed by atoms with Gasteiger partial charge in [0.15, 0.2) is 6.10 Å². The summed E-state index contributed by atoms with van der Waals surface area (Å²) in [5, 5.41) is 20.1. The number of aryl methyl sites for hydroxylation is 1. The molecule has 18 heavy (non-hydrogen) atoms. The number of aliphatic hydroxyl groups excluding tert-OH is 1. The van der Waals surface area contributed by atoms with Crippen LogP contribution in [0.4, 0.5) is 0 Å². The van der Waals surface area contributed by atoms with Crippen LogP contribution in [0.15, 0.2) is 24.4 Å². The second-order valence-electron chi connectivity index (χ2n) is 4.05. The smallest absolute Gasteiger partial charge is 0.339 e. The maximum atomic E-state index is 11.5. The van der Waals surface area contributed by atoms with Crippen molar-refractivity contribution in [1.82, 2.24) is 4.57 Å². The Labute approximate surface area is 104 Å². The van der Waals surface area contributed by atoms with Crippen LogP contribution in [0.2, 0.25) is 0 Å². The van der Waals surface area contributed by atoms with E-state index in [1.54, 1.807) is 36.9 Å². The lowest BCUT2D eigenvalue weighted by Crippen LogP contribution is -2.15. The predicted octanol–water partition coefficient (Wildman–Crippen LogP) is 1.48. The Balaban J connectivity index is 2.48. The maximum Gasteiger partial charge on any atom is 0.339 e. The molecule has 0 saturated heterocycles. The molecular formula is C13H15NO4. The van der Waals surface area contributed by atoms with Crippen molar-refractivity contribution < 1.29 is 19.7 Å². The van der Waals surface area contributed by atoms with E-state index in [-0.39, 0.29) is 12.4 Å². The molecule has 5 heteroatoms. The van der Waals surface area contributed by atoms with Crippen LogP contribution in [-0.2, 0) is 16.6 Å². The molecule has 1 unspecified atom stereocenters. The molecule has 0 spiro atoms. The number of carbonyl (C=O) groups is 1. The highest BCUT2D eigenvalue weighted by molar-refractivity contribution is 5.90. The molecule has 96 valence electrons. The average molecular weight is 249 g/mol. The van der Waals surface area contributed by atoms with Gasteiger partial charge < -0.3 is 19.5 Å². The third-order valence-electron chi connectivity index (χ3n) is 2.81. The van der Waals surface area contributed by atoms with Crippen molar-refractivity contribution in [2.75, 3.05) is 6.61 Å². The number of fused-ring (bicyclic) bond motifs is 1. The predicted molar refractivity (Wildman–Crippen MR) is 66.2 cm³/mol. The summed E-state index contributed by atoms with van der Waals surface area (Å²) < 4.78 is 6.54. The number of benzene rings is 1. The molecule has 0 bridgehead atoms. The van der Waals surface area contributed by atoms with Crippen LogP contribution in [0.3, 0.4) is 0 Å². The largest absolute Gasteiger partial charge is 0.508 e. The van der Waals surface area contributed by atoms with Crippen molar-refractivity contribution in [2.45, 2.75) is 13.0 Å². The van der Waals surface area contributed by atoms with Gasteiger partial charge in [-0.25, -0.2) is 4.79 Å². The van der Waals surface area contributed by atoms with Crippen molar-refractivity contribution in [2.24, 2.45) is 7.05 Å². The number of rotatable bonds is 3. The van der Waals surface area contributed by atoms with Crippen LogP contribution in [0.5, 0.6) is 5.75 Å². The third kappa shape index (κ3) is 2.04. The maximum absolute atomic E-state index is 11.5. The standard InChI is InChI=1S/C13H15NO4/c1-3-18-13(17)12(16)10-7-14(2)11-6-8(15)4-5-9(10)11/h4-7,12,15-16H,3H2,1-2H3. The molecule has 0 amide bonds. The summed E-state index contributed by atoms with van der Waals surface area (Å²) in [6.45, 7) is 1.91. The highest BCUT2D eigenvalue weighted by Gasteiger charge is 2.22. The first kappa shape index (κ1) is 12.4.